The number of rotatable bonds is 5. The minimum atomic E-state index is -0.342. The lowest BCUT2D eigenvalue weighted by atomic mass is 10.2. The van der Waals surface area contributed by atoms with E-state index in [4.69, 9.17) is 11.6 Å². The van der Waals surface area contributed by atoms with E-state index in [0.717, 1.165) is 16.9 Å². The van der Waals surface area contributed by atoms with Crippen LogP contribution in [0.4, 0.5) is 22.7 Å². The van der Waals surface area contributed by atoms with Crippen molar-refractivity contribution in [1.82, 2.24) is 4.98 Å². The van der Waals surface area contributed by atoms with E-state index in [9.17, 15) is 9.59 Å². The van der Waals surface area contributed by atoms with E-state index in [1.807, 2.05) is 25.1 Å². The summed E-state index contributed by atoms with van der Waals surface area (Å²) in [6.45, 7) is 3.35. The second-order valence-electron chi connectivity index (χ2n) is 6.19. The van der Waals surface area contributed by atoms with Crippen molar-refractivity contribution < 1.29 is 9.59 Å². The average molecular weight is 395 g/mol. The highest BCUT2D eigenvalue weighted by molar-refractivity contribution is 6.31. The van der Waals surface area contributed by atoms with Gasteiger partial charge in [0.2, 0.25) is 5.91 Å². The van der Waals surface area contributed by atoms with Gasteiger partial charge < -0.3 is 16.0 Å². The maximum atomic E-state index is 12.4. The van der Waals surface area contributed by atoms with Crippen molar-refractivity contribution in [3.8, 4) is 0 Å². The topological polar surface area (TPSA) is 83.1 Å². The van der Waals surface area contributed by atoms with Gasteiger partial charge in [-0.25, -0.2) is 4.98 Å². The molecule has 1 aromatic heterocycles. The number of hydrogen-bond acceptors (Lipinski definition) is 4. The zero-order chi connectivity index (χ0) is 20.1. The van der Waals surface area contributed by atoms with Gasteiger partial charge in [0.25, 0.3) is 5.91 Å². The second-order valence-corrected chi connectivity index (χ2v) is 6.59. The average Bonchev–Trinajstić information content (AvgIpc) is 2.66. The first-order valence-corrected chi connectivity index (χ1v) is 8.97. The first-order chi connectivity index (χ1) is 13.4. The van der Waals surface area contributed by atoms with Gasteiger partial charge in [0.1, 0.15) is 5.69 Å². The molecule has 6 nitrogen and oxygen atoms in total. The van der Waals surface area contributed by atoms with E-state index < -0.39 is 0 Å². The normalized spacial score (nSPS) is 10.2. The highest BCUT2D eigenvalue weighted by atomic mass is 35.5. The summed E-state index contributed by atoms with van der Waals surface area (Å²) in [6, 6.07) is 15.9. The van der Waals surface area contributed by atoms with Gasteiger partial charge in [0, 0.05) is 29.0 Å². The third kappa shape index (κ3) is 4.86. The number of pyridine rings is 1. The van der Waals surface area contributed by atoms with Gasteiger partial charge in [0.15, 0.2) is 0 Å². The lowest BCUT2D eigenvalue weighted by Gasteiger charge is -2.11. The molecule has 0 saturated carbocycles. The van der Waals surface area contributed by atoms with Gasteiger partial charge in [-0.2, -0.15) is 0 Å². The van der Waals surface area contributed by atoms with Crippen LogP contribution in [0.15, 0.2) is 60.8 Å². The molecule has 2 amide bonds. The first-order valence-electron chi connectivity index (χ1n) is 8.59. The number of nitrogens with one attached hydrogen (secondary N) is 3. The van der Waals surface area contributed by atoms with Crippen molar-refractivity contribution in [2.75, 3.05) is 16.0 Å². The summed E-state index contributed by atoms with van der Waals surface area (Å²) in [4.78, 5) is 27.8. The molecule has 0 atom stereocenters. The van der Waals surface area contributed by atoms with Gasteiger partial charge in [-0.1, -0.05) is 23.7 Å². The van der Waals surface area contributed by atoms with Crippen molar-refractivity contribution in [3.05, 3.63) is 77.1 Å². The fraction of sp³-hybridized carbons (Fsp3) is 0.0952. The minimum absolute atomic E-state index is 0.178. The van der Waals surface area contributed by atoms with Crippen molar-refractivity contribution in [1.29, 1.82) is 0 Å². The van der Waals surface area contributed by atoms with Crippen LogP contribution in [-0.4, -0.2) is 16.8 Å². The largest absolute Gasteiger partial charge is 0.354 e. The Morgan fingerprint density at radius 3 is 2.32 bits per heavy atom. The Morgan fingerprint density at radius 1 is 0.929 bits per heavy atom. The third-order valence-electron chi connectivity index (χ3n) is 3.98. The summed E-state index contributed by atoms with van der Waals surface area (Å²) in [5, 5.41) is 9.35. The van der Waals surface area contributed by atoms with Gasteiger partial charge in [0.05, 0.1) is 11.9 Å². The van der Waals surface area contributed by atoms with E-state index in [-0.39, 0.29) is 17.5 Å². The molecular weight excluding hydrogens is 376 g/mol. The van der Waals surface area contributed by atoms with Crippen molar-refractivity contribution in [2.45, 2.75) is 13.8 Å². The summed E-state index contributed by atoms with van der Waals surface area (Å²) < 4.78 is 0. The molecule has 0 radical (unpaired) electrons. The highest BCUT2D eigenvalue weighted by Crippen LogP contribution is 2.26. The van der Waals surface area contributed by atoms with Gasteiger partial charge in [-0.05, 0) is 55.0 Å². The number of anilines is 4. The molecular formula is C21H19ClN4O2. The standard InChI is InChI=1S/C21H19ClN4O2/c1-13-18(22)7-4-8-19(13)25-17-9-10-20(23-12-17)21(28)26-16-6-3-5-15(11-16)24-14(2)27/h3-12,25H,1-2H3,(H,24,27)(H,26,28). The van der Waals surface area contributed by atoms with Crippen LogP contribution in [-0.2, 0) is 4.79 Å². The number of hydrogen-bond donors (Lipinski definition) is 3. The number of carbonyl (C=O) groups is 2. The number of carbonyl (C=O) groups excluding carboxylic acids is 2. The van der Waals surface area contributed by atoms with Crippen molar-refractivity contribution in [3.63, 3.8) is 0 Å². The molecule has 28 heavy (non-hydrogen) atoms. The predicted octanol–water partition coefficient (Wildman–Crippen LogP) is 5.00. The van der Waals surface area contributed by atoms with Crippen molar-refractivity contribution in [2.24, 2.45) is 0 Å². The van der Waals surface area contributed by atoms with Crippen LogP contribution in [0.25, 0.3) is 0 Å². The molecule has 0 unspecified atom stereocenters. The van der Waals surface area contributed by atoms with Crippen LogP contribution in [0.2, 0.25) is 5.02 Å². The highest BCUT2D eigenvalue weighted by Gasteiger charge is 2.09. The Morgan fingerprint density at radius 2 is 1.64 bits per heavy atom. The smallest absolute Gasteiger partial charge is 0.274 e. The minimum Gasteiger partial charge on any atom is -0.354 e. The number of nitrogens with zero attached hydrogens (tertiary/aromatic N) is 1. The Bertz CT molecular complexity index is 1020. The molecule has 142 valence electrons. The number of halogens is 1. The summed E-state index contributed by atoms with van der Waals surface area (Å²) >= 11 is 6.13. The Balaban J connectivity index is 1.68. The van der Waals surface area contributed by atoms with Crippen LogP contribution in [0.1, 0.15) is 23.0 Å². The molecule has 0 aliphatic rings. The van der Waals surface area contributed by atoms with E-state index in [0.29, 0.717) is 16.4 Å². The molecule has 3 aromatic rings. The lowest BCUT2D eigenvalue weighted by molar-refractivity contribution is -0.114. The molecule has 7 heteroatoms. The number of benzene rings is 2. The Hall–Kier alpha value is -3.38. The van der Waals surface area contributed by atoms with Gasteiger partial charge in [-0.3, -0.25) is 9.59 Å². The van der Waals surface area contributed by atoms with E-state index in [1.54, 1.807) is 42.6 Å². The monoisotopic (exact) mass is 394 g/mol. The summed E-state index contributed by atoms with van der Waals surface area (Å²) in [7, 11) is 0. The fourth-order valence-corrected chi connectivity index (χ4v) is 2.75. The molecule has 0 fully saturated rings. The predicted molar refractivity (Wildman–Crippen MR) is 112 cm³/mol. The van der Waals surface area contributed by atoms with Crippen molar-refractivity contribution >= 4 is 46.2 Å². The Labute approximate surface area is 168 Å². The molecule has 0 aliphatic heterocycles. The van der Waals surface area contributed by atoms with Gasteiger partial charge in [-0.15, -0.1) is 0 Å². The quantitative estimate of drug-likeness (QED) is 0.568. The number of aromatic nitrogens is 1. The van der Waals surface area contributed by atoms with Gasteiger partial charge >= 0.3 is 0 Å². The summed E-state index contributed by atoms with van der Waals surface area (Å²) in [5.41, 5.74) is 4.00. The summed E-state index contributed by atoms with van der Waals surface area (Å²) in [5.74, 6) is -0.520. The third-order valence-corrected chi connectivity index (χ3v) is 4.39. The van der Waals surface area contributed by atoms with Crippen LogP contribution in [0, 0.1) is 6.92 Å². The molecule has 2 aromatic carbocycles. The van der Waals surface area contributed by atoms with Crippen LogP contribution in [0.3, 0.4) is 0 Å². The van der Waals surface area contributed by atoms with Crippen LogP contribution >= 0.6 is 11.6 Å². The SMILES string of the molecule is CC(=O)Nc1cccc(NC(=O)c2ccc(Nc3cccc(Cl)c3C)cn2)c1. The summed E-state index contributed by atoms with van der Waals surface area (Å²) in [6.07, 6.45) is 1.59. The molecule has 1 heterocycles. The molecule has 0 bridgehead atoms. The van der Waals surface area contributed by atoms with E-state index in [2.05, 4.69) is 20.9 Å². The van der Waals surface area contributed by atoms with E-state index in [1.165, 1.54) is 6.92 Å². The lowest BCUT2D eigenvalue weighted by Crippen LogP contribution is -2.14. The second kappa shape index (κ2) is 8.54. The Kier molecular flexibility index (Phi) is 5.91. The molecule has 3 N–H and O–H groups in total. The first kappa shape index (κ1) is 19.4. The molecule has 0 spiro atoms. The van der Waals surface area contributed by atoms with Crippen LogP contribution < -0.4 is 16.0 Å². The maximum Gasteiger partial charge on any atom is 0.274 e. The molecule has 0 saturated heterocycles. The molecule has 3 rings (SSSR count). The maximum absolute atomic E-state index is 12.4. The zero-order valence-corrected chi connectivity index (χ0v) is 16.2. The fourth-order valence-electron chi connectivity index (χ4n) is 2.57. The van der Waals surface area contributed by atoms with Crippen LogP contribution in [0.5, 0.6) is 0 Å². The molecule has 0 aliphatic carbocycles. The zero-order valence-electron chi connectivity index (χ0n) is 15.4. The number of amides is 2. The van der Waals surface area contributed by atoms with E-state index >= 15 is 0 Å².